The third-order valence-electron chi connectivity index (χ3n) is 12.2. The summed E-state index contributed by atoms with van der Waals surface area (Å²) < 4.78 is 38.0. The monoisotopic (exact) mass is 986 g/mol. The number of amides is 3. The molecule has 14 heteroatoms. The van der Waals surface area contributed by atoms with Gasteiger partial charge in [-0.3, -0.25) is 19.2 Å². The number of hydrogen-bond donors (Lipinski definition) is 3. The largest absolute Gasteiger partial charge is 0.382 e. The zero-order valence-electron chi connectivity index (χ0n) is 44.8. The van der Waals surface area contributed by atoms with Crippen LogP contribution in [0.1, 0.15) is 213 Å². The zero-order valence-corrected chi connectivity index (χ0v) is 44.8. The summed E-state index contributed by atoms with van der Waals surface area (Å²) in [5, 5.41) is 9.00. The normalized spacial score (nSPS) is 11.8. The first-order valence-electron chi connectivity index (χ1n) is 28.2. The van der Waals surface area contributed by atoms with Gasteiger partial charge in [0, 0.05) is 71.6 Å². The first-order valence-corrected chi connectivity index (χ1v) is 28.2. The molecule has 408 valence electrons. The summed E-state index contributed by atoms with van der Waals surface area (Å²) in [5.74, 6) is -0.170. The van der Waals surface area contributed by atoms with Crippen molar-refractivity contribution in [1.29, 1.82) is 0 Å². The van der Waals surface area contributed by atoms with Crippen molar-refractivity contribution in [2.75, 3.05) is 113 Å². The number of carbonyl (C=O) groups excluding carboxylic acids is 4. The van der Waals surface area contributed by atoms with Crippen LogP contribution >= 0.6 is 0 Å². The first kappa shape index (κ1) is 66.8. The molecule has 0 aliphatic rings. The molecule has 0 aromatic heterocycles. The fourth-order valence-electron chi connectivity index (χ4n) is 7.88. The van der Waals surface area contributed by atoms with E-state index in [0.717, 1.165) is 38.5 Å². The summed E-state index contributed by atoms with van der Waals surface area (Å²) in [4.78, 5) is 50.8. The van der Waals surface area contributed by atoms with E-state index < -0.39 is 0 Å². The van der Waals surface area contributed by atoms with Crippen LogP contribution in [0.3, 0.4) is 0 Å². The number of ketones is 1. The van der Waals surface area contributed by atoms with E-state index in [0.29, 0.717) is 144 Å². The molecular weight excluding hydrogens is 879 g/mol. The molecule has 3 N–H and O–H groups in total. The molecule has 0 aromatic carbocycles. The van der Waals surface area contributed by atoms with Crippen LogP contribution in [0.5, 0.6) is 0 Å². The molecule has 0 bridgehead atoms. The number of methoxy groups -OCH3 is 1. The Balaban J connectivity index is 4.16. The van der Waals surface area contributed by atoms with Gasteiger partial charge in [-0.05, 0) is 38.5 Å². The Bertz CT molecular complexity index is 1120. The summed E-state index contributed by atoms with van der Waals surface area (Å²) in [7, 11) is 1.63. The van der Waals surface area contributed by atoms with E-state index >= 15 is 0 Å². The predicted octanol–water partition coefficient (Wildman–Crippen LogP) is 10.4. The average Bonchev–Trinajstić information content (AvgIpc) is 3.34. The molecule has 0 spiro atoms. The second-order valence-electron chi connectivity index (χ2n) is 18.6. The second-order valence-corrected chi connectivity index (χ2v) is 18.6. The van der Waals surface area contributed by atoms with Crippen LogP contribution in [0, 0.1) is 5.92 Å². The lowest BCUT2D eigenvalue weighted by molar-refractivity contribution is -0.129. The Morgan fingerprint density at radius 1 is 0.348 bits per heavy atom. The lowest BCUT2D eigenvalue weighted by atomic mass is 9.93. The maximum atomic E-state index is 13.3. The molecule has 0 radical (unpaired) electrons. The van der Waals surface area contributed by atoms with Crippen molar-refractivity contribution >= 4 is 23.5 Å². The van der Waals surface area contributed by atoms with Crippen LogP contribution in [0.15, 0.2) is 0 Å². The first-order chi connectivity index (χ1) is 33.9. The molecule has 3 amide bonds. The van der Waals surface area contributed by atoms with Crippen LogP contribution in [0.2, 0.25) is 0 Å². The fraction of sp³-hybridized carbons (Fsp3) is 0.927. The highest BCUT2D eigenvalue weighted by molar-refractivity contribution is 5.86. The van der Waals surface area contributed by atoms with Crippen LogP contribution in [-0.4, -0.2) is 136 Å². The van der Waals surface area contributed by atoms with E-state index in [1.807, 2.05) is 0 Å². The third kappa shape index (κ3) is 53.4. The van der Waals surface area contributed by atoms with Gasteiger partial charge < -0.3 is 49.1 Å². The lowest BCUT2D eigenvalue weighted by Gasteiger charge is -2.17. The molecule has 1 atom stereocenters. The third-order valence-corrected chi connectivity index (χ3v) is 12.2. The second kappa shape index (κ2) is 56.7. The summed E-state index contributed by atoms with van der Waals surface area (Å²) in [5.41, 5.74) is 0. The minimum Gasteiger partial charge on any atom is -0.382 e. The lowest BCUT2D eigenvalue weighted by Crippen LogP contribution is -2.33. The van der Waals surface area contributed by atoms with E-state index in [-0.39, 0.29) is 35.8 Å². The van der Waals surface area contributed by atoms with Gasteiger partial charge >= 0.3 is 0 Å². The maximum absolute atomic E-state index is 13.3. The van der Waals surface area contributed by atoms with Gasteiger partial charge in [0.05, 0.1) is 72.7 Å². The molecule has 0 unspecified atom stereocenters. The van der Waals surface area contributed by atoms with E-state index in [1.165, 1.54) is 116 Å². The van der Waals surface area contributed by atoms with Gasteiger partial charge in [-0.15, -0.1) is 0 Å². The molecule has 0 saturated carbocycles. The molecule has 0 saturated heterocycles. The Morgan fingerprint density at radius 3 is 1.17 bits per heavy atom. The number of ether oxygens (including phenoxy) is 7. The van der Waals surface area contributed by atoms with Gasteiger partial charge in [0.25, 0.3) is 0 Å². The van der Waals surface area contributed by atoms with E-state index in [4.69, 9.17) is 33.2 Å². The SMILES string of the molecule is CCCCCCCCCCCCCC(=O)C[C@H](CCCCNC(=O)CCCCCCCCCCCCC)C(=O)NCCCOCCOCCOCCCNC(=O)CCOCCOCCOCCOC. The Hall–Kier alpha value is -2.20. The molecule has 0 aliphatic heterocycles. The van der Waals surface area contributed by atoms with E-state index in [9.17, 15) is 19.2 Å². The van der Waals surface area contributed by atoms with Gasteiger partial charge in [-0.2, -0.15) is 0 Å². The molecule has 69 heavy (non-hydrogen) atoms. The molecule has 0 aromatic rings. The Labute approximate surface area is 422 Å². The molecular formula is C55H107N3O11. The minimum atomic E-state index is -0.349. The number of unbranched alkanes of at least 4 members (excludes halogenated alkanes) is 21. The highest BCUT2D eigenvalue weighted by Gasteiger charge is 2.21. The van der Waals surface area contributed by atoms with Gasteiger partial charge in [-0.1, -0.05) is 149 Å². The standard InChI is InChI=1S/C55H107N3O11/c1-4-6-8-10-12-14-16-18-20-22-24-31-52(59)50-51(30-26-27-34-56-53(60)32-25-23-21-19-17-15-13-11-9-7-5-2)55(62)58-36-29-38-65-43-46-68-45-42-64-37-28-35-57-54(61)33-39-66-44-47-69-49-48-67-41-40-63-3/h51H,4-50H2,1-3H3,(H,56,60)(H,57,61)(H,58,62)/t51-/m0/s1. The zero-order chi connectivity index (χ0) is 50.2. The highest BCUT2D eigenvalue weighted by atomic mass is 16.6. The van der Waals surface area contributed by atoms with Crippen molar-refractivity contribution in [2.45, 2.75) is 213 Å². The molecule has 0 rings (SSSR count). The topological polar surface area (TPSA) is 169 Å². The quantitative estimate of drug-likeness (QED) is 0.0496. The van der Waals surface area contributed by atoms with Crippen LogP contribution in [0.4, 0.5) is 0 Å². The van der Waals surface area contributed by atoms with Crippen LogP contribution < -0.4 is 16.0 Å². The number of Topliss-reactive ketones (excluding diaryl/α,β-unsaturated/α-hetero) is 1. The molecule has 14 nitrogen and oxygen atoms in total. The summed E-state index contributed by atoms with van der Waals surface area (Å²) in [6.07, 6.45) is 32.9. The molecule has 0 heterocycles. The number of rotatable bonds is 58. The average molecular weight is 986 g/mol. The Kier molecular flexibility index (Phi) is 54.9. The van der Waals surface area contributed by atoms with E-state index in [2.05, 4.69) is 29.8 Å². The fourth-order valence-corrected chi connectivity index (χ4v) is 7.88. The maximum Gasteiger partial charge on any atom is 0.223 e. The van der Waals surface area contributed by atoms with Crippen molar-refractivity contribution in [2.24, 2.45) is 5.92 Å². The van der Waals surface area contributed by atoms with Gasteiger partial charge in [-0.25, -0.2) is 0 Å². The van der Waals surface area contributed by atoms with Crippen LogP contribution in [0.25, 0.3) is 0 Å². The van der Waals surface area contributed by atoms with Crippen LogP contribution in [-0.2, 0) is 52.3 Å². The summed E-state index contributed by atoms with van der Waals surface area (Å²) >= 11 is 0. The highest BCUT2D eigenvalue weighted by Crippen LogP contribution is 2.18. The van der Waals surface area contributed by atoms with Gasteiger partial charge in [0.15, 0.2) is 0 Å². The number of carbonyl (C=O) groups is 4. The van der Waals surface area contributed by atoms with Crippen molar-refractivity contribution in [1.82, 2.24) is 16.0 Å². The summed E-state index contributed by atoms with van der Waals surface area (Å²) in [6, 6.07) is 0. The Morgan fingerprint density at radius 2 is 0.710 bits per heavy atom. The predicted molar refractivity (Wildman–Crippen MR) is 279 cm³/mol. The van der Waals surface area contributed by atoms with Crippen molar-refractivity contribution in [3.8, 4) is 0 Å². The summed E-state index contributed by atoms with van der Waals surface area (Å²) in [6.45, 7) is 12.4. The number of hydrogen-bond acceptors (Lipinski definition) is 11. The van der Waals surface area contributed by atoms with E-state index in [1.54, 1.807) is 7.11 Å². The molecule has 0 fully saturated rings. The number of nitrogens with one attached hydrogen (secondary N) is 3. The van der Waals surface area contributed by atoms with Gasteiger partial charge in [0.1, 0.15) is 5.78 Å². The van der Waals surface area contributed by atoms with Crippen molar-refractivity contribution < 1.29 is 52.3 Å². The van der Waals surface area contributed by atoms with Crippen molar-refractivity contribution in [3.05, 3.63) is 0 Å². The van der Waals surface area contributed by atoms with Crippen molar-refractivity contribution in [3.63, 3.8) is 0 Å². The van der Waals surface area contributed by atoms with Gasteiger partial charge in [0.2, 0.25) is 17.7 Å². The molecule has 0 aliphatic carbocycles. The minimum absolute atomic E-state index is 0.0524. The smallest absolute Gasteiger partial charge is 0.223 e.